The van der Waals surface area contributed by atoms with E-state index in [1.165, 1.54) is 12.7 Å². The molecule has 24 heavy (non-hydrogen) atoms. The Labute approximate surface area is 147 Å². The summed E-state index contributed by atoms with van der Waals surface area (Å²) in [5, 5.41) is 3.50. The van der Waals surface area contributed by atoms with Gasteiger partial charge in [-0.3, -0.25) is 19.4 Å². The van der Waals surface area contributed by atoms with Gasteiger partial charge in [-0.05, 0) is 17.7 Å². The summed E-state index contributed by atoms with van der Waals surface area (Å²) in [7, 11) is 1.34. The Hall–Kier alpha value is -1.63. The van der Waals surface area contributed by atoms with Gasteiger partial charge in [0.05, 0.1) is 20.1 Å². The van der Waals surface area contributed by atoms with Crippen LogP contribution >= 0.6 is 11.6 Å². The first-order chi connectivity index (χ1) is 11.6. The quantitative estimate of drug-likeness (QED) is 0.745. The summed E-state index contributed by atoms with van der Waals surface area (Å²) in [5.74, 6) is -0.365. The van der Waals surface area contributed by atoms with E-state index in [1.807, 2.05) is 24.3 Å². The van der Waals surface area contributed by atoms with Crippen LogP contribution in [0.4, 0.5) is 0 Å². The van der Waals surface area contributed by atoms with Gasteiger partial charge in [-0.1, -0.05) is 23.7 Å². The zero-order chi connectivity index (χ0) is 17.4. The van der Waals surface area contributed by atoms with E-state index in [0.29, 0.717) is 13.1 Å². The Morgan fingerprint density at radius 2 is 1.75 bits per heavy atom. The van der Waals surface area contributed by atoms with Crippen molar-refractivity contribution < 1.29 is 14.3 Å². The van der Waals surface area contributed by atoms with Gasteiger partial charge in [0.1, 0.15) is 0 Å². The lowest BCUT2D eigenvalue weighted by molar-refractivity contribution is -0.140. The number of nitrogens with one attached hydrogen (secondary N) is 1. The number of benzene rings is 1. The van der Waals surface area contributed by atoms with Crippen LogP contribution in [0.15, 0.2) is 24.3 Å². The number of carbonyl (C=O) groups is 2. The number of piperazine rings is 1. The fraction of sp³-hybridized carbons (Fsp3) is 0.529. The highest BCUT2D eigenvalue weighted by Crippen LogP contribution is 2.12. The lowest BCUT2D eigenvalue weighted by Gasteiger charge is -2.34. The Bertz CT molecular complexity index is 543. The fourth-order valence-electron chi connectivity index (χ4n) is 2.62. The van der Waals surface area contributed by atoms with Crippen molar-refractivity contribution in [3.8, 4) is 0 Å². The van der Waals surface area contributed by atoms with Gasteiger partial charge >= 0.3 is 5.97 Å². The lowest BCUT2D eigenvalue weighted by atomic mass is 10.2. The number of nitrogens with zero attached hydrogens (tertiary/aromatic N) is 2. The molecule has 1 fully saturated rings. The smallest absolute Gasteiger partial charge is 0.307 e. The van der Waals surface area contributed by atoms with Gasteiger partial charge in [0.2, 0.25) is 5.91 Å². The molecule has 132 valence electrons. The van der Waals surface area contributed by atoms with Crippen molar-refractivity contribution in [2.24, 2.45) is 0 Å². The van der Waals surface area contributed by atoms with Crippen LogP contribution in [0.3, 0.4) is 0 Å². The number of rotatable bonds is 7. The highest BCUT2D eigenvalue weighted by molar-refractivity contribution is 6.30. The zero-order valence-electron chi connectivity index (χ0n) is 14.0. The number of hydrogen-bond donors (Lipinski definition) is 1. The molecule has 1 aromatic carbocycles. The summed E-state index contributed by atoms with van der Waals surface area (Å²) in [6.45, 7) is 5.17. The number of amides is 1. The van der Waals surface area contributed by atoms with Crippen molar-refractivity contribution >= 4 is 23.5 Å². The SMILES string of the molecule is COC(=O)CCNC(=O)CN1CCN(Cc2ccc(Cl)cc2)CC1. The molecule has 1 aromatic rings. The zero-order valence-corrected chi connectivity index (χ0v) is 14.7. The highest BCUT2D eigenvalue weighted by Gasteiger charge is 2.19. The van der Waals surface area contributed by atoms with Gasteiger partial charge in [-0.25, -0.2) is 0 Å². The molecule has 0 atom stereocenters. The molecule has 1 saturated heterocycles. The second kappa shape index (κ2) is 9.61. The van der Waals surface area contributed by atoms with E-state index in [1.54, 1.807) is 0 Å². The molecule has 6 nitrogen and oxygen atoms in total. The average molecular weight is 354 g/mol. The molecule has 1 amide bonds. The predicted molar refractivity (Wildman–Crippen MR) is 92.8 cm³/mol. The van der Waals surface area contributed by atoms with Gasteiger partial charge in [-0.2, -0.15) is 0 Å². The number of methoxy groups -OCH3 is 1. The maximum absolute atomic E-state index is 11.9. The minimum absolute atomic E-state index is 0.0509. The normalized spacial score (nSPS) is 15.9. The topological polar surface area (TPSA) is 61.9 Å². The van der Waals surface area contributed by atoms with Crippen LogP contribution in [0.2, 0.25) is 5.02 Å². The van der Waals surface area contributed by atoms with E-state index in [0.717, 1.165) is 37.7 Å². The number of hydrogen-bond acceptors (Lipinski definition) is 5. The van der Waals surface area contributed by atoms with E-state index in [2.05, 4.69) is 19.9 Å². The summed E-state index contributed by atoms with van der Waals surface area (Å²) in [6, 6.07) is 7.91. The molecule has 0 spiro atoms. The van der Waals surface area contributed by atoms with Crippen molar-refractivity contribution in [3.05, 3.63) is 34.9 Å². The number of carbonyl (C=O) groups excluding carboxylic acids is 2. The molecule has 1 N–H and O–H groups in total. The second-order valence-electron chi connectivity index (χ2n) is 5.85. The largest absolute Gasteiger partial charge is 0.469 e. The third kappa shape index (κ3) is 6.47. The molecule has 0 bridgehead atoms. The molecule has 1 heterocycles. The first-order valence-corrected chi connectivity index (χ1v) is 8.47. The third-order valence-corrected chi connectivity index (χ3v) is 4.28. The maximum Gasteiger partial charge on any atom is 0.307 e. The Morgan fingerprint density at radius 1 is 1.12 bits per heavy atom. The van der Waals surface area contributed by atoms with Crippen LogP contribution in [0.5, 0.6) is 0 Å². The van der Waals surface area contributed by atoms with Crippen molar-refractivity contribution in [2.75, 3.05) is 46.4 Å². The number of esters is 1. The van der Waals surface area contributed by atoms with Crippen molar-refractivity contribution in [1.29, 1.82) is 0 Å². The van der Waals surface area contributed by atoms with E-state index < -0.39 is 0 Å². The van der Waals surface area contributed by atoms with E-state index in [4.69, 9.17) is 11.6 Å². The van der Waals surface area contributed by atoms with Crippen molar-refractivity contribution in [1.82, 2.24) is 15.1 Å². The van der Waals surface area contributed by atoms with Gasteiger partial charge in [0, 0.05) is 44.3 Å². The molecular weight excluding hydrogens is 330 g/mol. The monoisotopic (exact) mass is 353 g/mol. The molecule has 2 rings (SSSR count). The van der Waals surface area contributed by atoms with Crippen molar-refractivity contribution in [3.63, 3.8) is 0 Å². The first-order valence-electron chi connectivity index (χ1n) is 8.09. The van der Waals surface area contributed by atoms with Crippen LogP contribution in [0.25, 0.3) is 0 Å². The van der Waals surface area contributed by atoms with Crippen LogP contribution < -0.4 is 5.32 Å². The predicted octanol–water partition coefficient (Wildman–Crippen LogP) is 1.14. The van der Waals surface area contributed by atoms with Gasteiger partial charge in [-0.15, -0.1) is 0 Å². The minimum atomic E-state index is -0.314. The summed E-state index contributed by atoms with van der Waals surface area (Å²) in [5.41, 5.74) is 1.24. The van der Waals surface area contributed by atoms with Crippen LogP contribution in [-0.2, 0) is 20.9 Å². The van der Waals surface area contributed by atoms with Crippen LogP contribution in [0.1, 0.15) is 12.0 Å². The fourth-order valence-corrected chi connectivity index (χ4v) is 2.74. The van der Waals surface area contributed by atoms with Crippen LogP contribution in [0, 0.1) is 0 Å². The van der Waals surface area contributed by atoms with E-state index >= 15 is 0 Å². The van der Waals surface area contributed by atoms with Gasteiger partial charge in [0.25, 0.3) is 0 Å². The minimum Gasteiger partial charge on any atom is -0.469 e. The maximum atomic E-state index is 11.9. The Morgan fingerprint density at radius 3 is 2.38 bits per heavy atom. The van der Waals surface area contributed by atoms with Gasteiger partial charge < -0.3 is 10.1 Å². The molecule has 0 saturated carbocycles. The van der Waals surface area contributed by atoms with E-state index in [-0.39, 0.29) is 18.3 Å². The third-order valence-electron chi connectivity index (χ3n) is 4.03. The molecule has 0 unspecified atom stereocenters. The highest BCUT2D eigenvalue weighted by atomic mass is 35.5. The number of halogens is 1. The van der Waals surface area contributed by atoms with Gasteiger partial charge in [0.15, 0.2) is 0 Å². The molecule has 0 aliphatic carbocycles. The molecule has 0 aromatic heterocycles. The van der Waals surface area contributed by atoms with Crippen LogP contribution in [-0.4, -0.2) is 68.1 Å². The Kier molecular flexibility index (Phi) is 7.49. The summed E-state index contributed by atoms with van der Waals surface area (Å²) >= 11 is 5.90. The van der Waals surface area contributed by atoms with E-state index in [9.17, 15) is 9.59 Å². The molecule has 7 heteroatoms. The average Bonchev–Trinajstić information content (AvgIpc) is 2.58. The standard InChI is InChI=1S/C17H24ClN3O3/c1-24-17(23)6-7-19-16(22)13-21-10-8-20(9-11-21)12-14-2-4-15(18)5-3-14/h2-5H,6-13H2,1H3,(H,19,22). The molecule has 0 radical (unpaired) electrons. The molecule has 1 aliphatic rings. The number of ether oxygens (including phenoxy) is 1. The second-order valence-corrected chi connectivity index (χ2v) is 6.29. The summed E-state index contributed by atoms with van der Waals surface area (Å²) < 4.78 is 4.54. The first kappa shape index (κ1) is 18.7. The molecule has 1 aliphatic heterocycles. The summed E-state index contributed by atoms with van der Waals surface area (Å²) in [4.78, 5) is 27.3. The summed E-state index contributed by atoms with van der Waals surface area (Å²) in [6.07, 6.45) is 0.205. The Balaban J connectivity index is 1.64. The molecular formula is C17H24ClN3O3. The lowest BCUT2D eigenvalue weighted by Crippen LogP contribution is -2.49. The van der Waals surface area contributed by atoms with Crippen molar-refractivity contribution in [2.45, 2.75) is 13.0 Å².